The molecule has 0 spiro atoms. The van der Waals surface area contributed by atoms with Gasteiger partial charge in [0.2, 0.25) is 0 Å². The van der Waals surface area contributed by atoms with Crippen molar-refractivity contribution in [3.05, 3.63) is 29.3 Å². The Kier molecular flexibility index (Phi) is 4.31. The molecule has 16 heavy (non-hydrogen) atoms. The van der Waals surface area contributed by atoms with E-state index in [1.54, 1.807) is 26.2 Å². The fraction of sp³-hybridized carbons (Fsp3) is 0.417. The van der Waals surface area contributed by atoms with Gasteiger partial charge in [-0.1, -0.05) is 6.07 Å². The molecule has 0 saturated carbocycles. The molecule has 0 bridgehead atoms. The number of nitrogens with one attached hydrogen (secondary N) is 1. The lowest BCUT2D eigenvalue weighted by Crippen LogP contribution is -2.34. The van der Waals surface area contributed by atoms with Crippen LogP contribution in [-0.4, -0.2) is 30.8 Å². The van der Waals surface area contributed by atoms with Crippen molar-refractivity contribution in [2.24, 2.45) is 0 Å². The number of ether oxygens (including phenoxy) is 1. The van der Waals surface area contributed by atoms with Gasteiger partial charge < -0.3 is 15.2 Å². The van der Waals surface area contributed by atoms with E-state index in [1.165, 1.54) is 0 Å². The molecular weight excluding hydrogens is 206 g/mol. The van der Waals surface area contributed by atoms with Gasteiger partial charge in [0, 0.05) is 11.6 Å². The molecule has 0 aliphatic carbocycles. The fourth-order valence-electron chi connectivity index (χ4n) is 1.31. The smallest absolute Gasteiger partial charge is 0.251 e. The fourth-order valence-corrected chi connectivity index (χ4v) is 1.31. The van der Waals surface area contributed by atoms with E-state index in [1.807, 2.05) is 13.0 Å². The number of aliphatic hydroxyl groups excluding tert-OH is 1. The Morgan fingerprint density at radius 3 is 2.81 bits per heavy atom. The number of carbonyl (C=O) groups excluding carboxylic acids is 1. The van der Waals surface area contributed by atoms with Crippen molar-refractivity contribution in [3.8, 4) is 5.75 Å². The number of carbonyl (C=O) groups is 1. The topological polar surface area (TPSA) is 58.6 Å². The number of rotatable bonds is 4. The van der Waals surface area contributed by atoms with Crippen LogP contribution < -0.4 is 10.1 Å². The van der Waals surface area contributed by atoms with Crippen molar-refractivity contribution >= 4 is 5.91 Å². The van der Waals surface area contributed by atoms with Crippen molar-refractivity contribution in [3.63, 3.8) is 0 Å². The molecule has 0 saturated heterocycles. The van der Waals surface area contributed by atoms with Gasteiger partial charge in [-0.2, -0.15) is 0 Å². The highest BCUT2D eigenvalue weighted by Crippen LogP contribution is 2.18. The Morgan fingerprint density at radius 1 is 1.56 bits per heavy atom. The molecule has 0 aromatic heterocycles. The highest BCUT2D eigenvalue weighted by molar-refractivity contribution is 5.94. The average Bonchev–Trinajstić information content (AvgIpc) is 2.29. The molecular formula is C12H17NO3. The zero-order valence-corrected chi connectivity index (χ0v) is 9.78. The molecule has 1 amide bonds. The number of amides is 1. The lowest BCUT2D eigenvalue weighted by Gasteiger charge is -2.12. The van der Waals surface area contributed by atoms with Crippen LogP contribution in [0.2, 0.25) is 0 Å². The van der Waals surface area contributed by atoms with Crippen molar-refractivity contribution in [1.29, 1.82) is 0 Å². The summed E-state index contributed by atoms with van der Waals surface area (Å²) in [5.74, 6) is 0.476. The molecule has 1 rings (SSSR count). The standard InChI is InChI=1S/C12H17NO3/c1-8-4-5-10(6-11(8)16-3)12(15)13-9(2)7-14/h4-6,9,14H,7H2,1-3H3,(H,13,15)/t9-/m0/s1. The first-order chi connectivity index (χ1) is 7.58. The Labute approximate surface area is 95.2 Å². The van der Waals surface area contributed by atoms with Crippen molar-refractivity contribution in [1.82, 2.24) is 5.32 Å². The lowest BCUT2D eigenvalue weighted by molar-refractivity contribution is 0.0922. The van der Waals surface area contributed by atoms with E-state index in [-0.39, 0.29) is 18.6 Å². The predicted molar refractivity (Wildman–Crippen MR) is 61.7 cm³/mol. The van der Waals surface area contributed by atoms with Crippen LogP contribution >= 0.6 is 0 Å². The van der Waals surface area contributed by atoms with Gasteiger partial charge in [-0.15, -0.1) is 0 Å². The minimum Gasteiger partial charge on any atom is -0.496 e. The molecule has 4 nitrogen and oxygen atoms in total. The van der Waals surface area contributed by atoms with E-state index < -0.39 is 0 Å². The quantitative estimate of drug-likeness (QED) is 0.804. The van der Waals surface area contributed by atoms with Crippen LogP contribution in [0, 0.1) is 6.92 Å². The van der Waals surface area contributed by atoms with Crippen LogP contribution in [-0.2, 0) is 0 Å². The predicted octanol–water partition coefficient (Wildman–Crippen LogP) is 1.11. The first-order valence-electron chi connectivity index (χ1n) is 5.15. The van der Waals surface area contributed by atoms with Crippen LogP contribution in [0.5, 0.6) is 5.75 Å². The van der Waals surface area contributed by atoms with Gasteiger partial charge >= 0.3 is 0 Å². The molecule has 0 unspecified atom stereocenters. The van der Waals surface area contributed by atoms with Crippen LogP contribution in [0.1, 0.15) is 22.8 Å². The first-order valence-corrected chi connectivity index (χ1v) is 5.15. The van der Waals surface area contributed by atoms with E-state index in [9.17, 15) is 4.79 Å². The highest BCUT2D eigenvalue weighted by Gasteiger charge is 2.10. The summed E-state index contributed by atoms with van der Waals surface area (Å²) in [7, 11) is 1.57. The van der Waals surface area contributed by atoms with Gasteiger partial charge in [0.25, 0.3) is 5.91 Å². The number of hydrogen-bond acceptors (Lipinski definition) is 3. The molecule has 88 valence electrons. The molecule has 2 N–H and O–H groups in total. The third kappa shape index (κ3) is 2.97. The molecule has 0 heterocycles. The third-order valence-corrected chi connectivity index (χ3v) is 2.32. The molecule has 0 aliphatic rings. The molecule has 1 atom stereocenters. The monoisotopic (exact) mass is 223 g/mol. The number of methoxy groups -OCH3 is 1. The summed E-state index contributed by atoms with van der Waals surface area (Å²) in [6.07, 6.45) is 0. The average molecular weight is 223 g/mol. The third-order valence-electron chi connectivity index (χ3n) is 2.32. The van der Waals surface area contributed by atoms with Crippen molar-refractivity contribution < 1.29 is 14.6 Å². The summed E-state index contributed by atoms with van der Waals surface area (Å²) in [6.45, 7) is 3.58. The molecule has 0 aliphatic heterocycles. The summed E-state index contributed by atoms with van der Waals surface area (Å²) < 4.78 is 5.14. The summed E-state index contributed by atoms with van der Waals surface area (Å²) in [5, 5.41) is 11.5. The largest absolute Gasteiger partial charge is 0.496 e. The number of aliphatic hydroxyl groups is 1. The second-order valence-electron chi connectivity index (χ2n) is 3.74. The Hall–Kier alpha value is -1.55. The number of benzene rings is 1. The number of hydrogen-bond donors (Lipinski definition) is 2. The molecule has 1 aromatic carbocycles. The van der Waals surface area contributed by atoms with E-state index in [2.05, 4.69) is 5.32 Å². The van der Waals surface area contributed by atoms with E-state index in [0.717, 1.165) is 5.56 Å². The Balaban J connectivity index is 2.84. The molecule has 4 heteroatoms. The zero-order valence-electron chi connectivity index (χ0n) is 9.78. The number of aryl methyl sites for hydroxylation is 1. The maximum Gasteiger partial charge on any atom is 0.251 e. The van der Waals surface area contributed by atoms with Gasteiger partial charge in [-0.05, 0) is 31.5 Å². The summed E-state index contributed by atoms with van der Waals surface area (Å²) in [6, 6.07) is 5.00. The van der Waals surface area contributed by atoms with Crippen molar-refractivity contribution in [2.45, 2.75) is 19.9 Å². The van der Waals surface area contributed by atoms with Gasteiger partial charge in [0.1, 0.15) is 5.75 Å². The maximum absolute atomic E-state index is 11.7. The highest BCUT2D eigenvalue weighted by atomic mass is 16.5. The molecule has 1 aromatic rings. The minimum atomic E-state index is -0.250. The van der Waals surface area contributed by atoms with Crippen LogP contribution in [0.15, 0.2) is 18.2 Å². The second kappa shape index (κ2) is 5.51. The zero-order chi connectivity index (χ0) is 12.1. The minimum absolute atomic E-state index is 0.0747. The summed E-state index contributed by atoms with van der Waals surface area (Å²) in [4.78, 5) is 11.7. The van der Waals surface area contributed by atoms with E-state index in [4.69, 9.17) is 9.84 Å². The summed E-state index contributed by atoms with van der Waals surface area (Å²) in [5.41, 5.74) is 1.51. The maximum atomic E-state index is 11.7. The van der Waals surface area contributed by atoms with E-state index in [0.29, 0.717) is 11.3 Å². The van der Waals surface area contributed by atoms with Gasteiger partial charge in [-0.25, -0.2) is 0 Å². The molecule has 0 fully saturated rings. The SMILES string of the molecule is COc1cc(C(=O)N[C@@H](C)CO)ccc1C. The molecule has 0 radical (unpaired) electrons. The van der Waals surface area contributed by atoms with Gasteiger partial charge in [0.05, 0.1) is 13.7 Å². The van der Waals surface area contributed by atoms with Crippen molar-refractivity contribution in [2.75, 3.05) is 13.7 Å². The Bertz CT molecular complexity index is 377. The lowest BCUT2D eigenvalue weighted by atomic mass is 10.1. The van der Waals surface area contributed by atoms with Crippen LogP contribution in [0.25, 0.3) is 0 Å². The van der Waals surface area contributed by atoms with Crippen LogP contribution in [0.3, 0.4) is 0 Å². The second-order valence-corrected chi connectivity index (χ2v) is 3.74. The first kappa shape index (κ1) is 12.5. The van der Waals surface area contributed by atoms with E-state index >= 15 is 0 Å². The Morgan fingerprint density at radius 2 is 2.25 bits per heavy atom. The van der Waals surface area contributed by atoms with Gasteiger partial charge in [-0.3, -0.25) is 4.79 Å². The summed E-state index contributed by atoms with van der Waals surface area (Å²) >= 11 is 0. The normalized spacial score (nSPS) is 12.0. The van der Waals surface area contributed by atoms with Crippen LogP contribution in [0.4, 0.5) is 0 Å². The van der Waals surface area contributed by atoms with Gasteiger partial charge in [0.15, 0.2) is 0 Å².